The Hall–Kier alpha value is -2.69. The predicted octanol–water partition coefficient (Wildman–Crippen LogP) is 3.73. The van der Waals surface area contributed by atoms with Crippen molar-refractivity contribution in [2.45, 2.75) is 38.6 Å². The molecule has 1 aromatic heterocycles. The minimum Gasteiger partial charge on any atom is -0.354 e. The lowest BCUT2D eigenvalue weighted by molar-refractivity contribution is 0.0948. The Bertz CT molecular complexity index is 740. The number of nitrogens with zero attached hydrogens (tertiary/aromatic N) is 3. The standard InChI is InChI=1S/C21H26N4O/c1-25(16-18-10-6-3-7-11-18)20-13-12-19(23-24-20)21(26)22-15-14-17-8-4-2-5-9-17/h3,6-8,10-13H,2,4-5,9,14-16H2,1H3,(H,22,26). The highest BCUT2D eigenvalue weighted by molar-refractivity contribution is 5.92. The highest BCUT2D eigenvalue weighted by atomic mass is 16.1. The number of carbonyl (C=O) groups excluding carboxylic acids is 1. The van der Waals surface area contributed by atoms with Crippen LogP contribution in [0.2, 0.25) is 0 Å². The minimum atomic E-state index is -0.161. The maximum atomic E-state index is 12.2. The third-order valence-corrected chi connectivity index (χ3v) is 4.65. The smallest absolute Gasteiger partial charge is 0.271 e. The van der Waals surface area contributed by atoms with E-state index in [4.69, 9.17) is 0 Å². The Balaban J connectivity index is 1.50. The van der Waals surface area contributed by atoms with E-state index in [0.717, 1.165) is 25.2 Å². The van der Waals surface area contributed by atoms with Crippen LogP contribution >= 0.6 is 0 Å². The monoisotopic (exact) mass is 350 g/mol. The molecule has 1 aromatic carbocycles. The van der Waals surface area contributed by atoms with Gasteiger partial charge in [0.05, 0.1) is 0 Å². The van der Waals surface area contributed by atoms with Gasteiger partial charge < -0.3 is 10.2 Å². The molecule has 0 spiro atoms. The van der Waals surface area contributed by atoms with E-state index in [-0.39, 0.29) is 5.91 Å². The second kappa shape index (κ2) is 9.13. The summed E-state index contributed by atoms with van der Waals surface area (Å²) in [5.41, 5.74) is 3.02. The summed E-state index contributed by atoms with van der Waals surface area (Å²) in [6.07, 6.45) is 8.13. The summed E-state index contributed by atoms with van der Waals surface area (Å²) >= 11 is 0. The van der Waals surface area contributed by atoms with Gasteiger partial charge in [-0.1, -0.05) is 42.0 Å². The van der Waals surface area contributed by atoms with E-state index in [0.29, 0.717) is 12.2 Å². The van der Waals surface area contributed by atoms with Gasteiger partial charge in [-0.25, -0.2) is 0 Å². The lowest BCUT2D eigenvalue weighted by Crippen LogP contribution is -2.26. The first-order valence-electron chi connectivity index (χ1n) is 9.27. The molecule has 26 heavy (non-hydrogen) atoms. The van der Waals surface area contributed by atoms with Crippen molar-refractivity contribution in [2.75, 3.05) is 18.5 Å². The molecule has 0 saturated carbocycles. The molecule has 0 atom stereocenters. The number of amides is 1. The average molecular weight is 350 g/mol. The Morgan fingerprint density at radius 2 is 1.96 bits per heavy atom. The number of rotatable bonds is 7. The Labute approximate surface area is 155 Å². The van der Waals surface area contributed by atoms with Crippen molar-refractivity contribution >= 4 is 11.7 Å². The van der Waals surface area contributed by atoms with Crippen LogP contribution in [0.15, 0.2) is 54.1 Å². The molecule has 136 valence electrons. The van der Waals surface area contributed by atoms with Gasteiger partial charge in [0.2, 0.25) is 0 Å². The quantitative estimate of drug-likeness (QED) is 0.773. The van der Waals surface area contributed by atoms with Crippen LogP contribution in [0, 0.1) is 0 Å². The maximum absolute atomic E-state index is 12.2. The van der Waals surface area contributed by atoms with Crippen LogP contribution in [0.5, 0.6) is 0 Å². The van der Waals surface area contributed by atoms with Gasteiger partial charge in [-0.05, 0) is 49.8 Å². The summed E-state index contributed by atoms with van der Waals surface area (Å²) < 4.78 is 0. The van der Waals surface area contributed by atoms with E-state index in [1.807, 2.05) is 36.2 Å². The van der Waals surface area contributed by atoms with Crippen LogP contribution in [0.1, 0.15) is 48.2 Å². The van der Waals surface area contributed by atoms with Crippen molar-refractivity contribution in [1.29, 1.82) is 0 Å². The first kappa shape index (κ1) is 18.1. The van der Waals surface area contributed by atoms with Crippen LogP contribution < -0.4 is 10.2 Å². The van der Waals surface area contributed by atoms with Gasteiger partial charge in [-0.3, -0.25) is 4.79 Å². The summed E-state index contributed by atoms with van der Waals surface area (Å²) in [6, 6.07) is 13.8. The Morgan fingerprint density at radius 3 is 2.65 bits per heavy atom. The number of aromatic nitrogens is 2. The number of hydrogen-bond donors (Lipinski definition) is 1. The first-order valence-corrected chi connectivity index (χ1v) is 9.27. The lowest BCUT2D eigenvalue weighted by atomic mass is 9.97. The van der Waals surface area contributed by atoms with Gasteiger partial charge in [-0.15, -0.1) is 10.2 Å². The fourth-order valence-corrected chi connectivity index (χ4v) is 3.15. The zero-order valence-corrected chi connectivity index (χ0v) is 15.3. The molecular formula is C21H26N4O. The fourth-order valence-electron chi connectivity index (χ4n) is 3.15. The molecule has 1 aliphatic rings. The highest BCUT2D eigenvalue weighted by Gasteiger charge is 2.10. The van der Waals surface area contributed by atoms with Gasteiger partial charge >= 0.3 is 0 Å². The van der Waals surface area contributed by atoms with Gasteiger partial charge in [0.25, 0.3) is 5.91 Å². The van der Waals surface area contributed by atoms with Crippen LogP contribution in [-0.2, 0) is 6.54 Å². The van der Waals surface area contributed by atoms with Crippen molar-refractivity contribution in [3.63, 3.8) is 0 Å². The molecule has 1 N–H and O–H groups in total. The lowest BCUT2D eigenvalue weighted by Gasteiger charge is -2.17. The fraction of sp³-hybridized carbons (Fsp3) is 0.381. The average Bonchev–Trinajstić information content (AvgIpc) is 2.69. The van der Waals surface area contributed by atoms with Crippen molar-refractivity contribution in [3.8, 4) is 0 Å². The van der Waals surface area contributed by atoms with Crippen molar-refractivity contribution in [1.82, 2.24) is 15.5 Å². The van der Waals surface area contributed by atoms with E-state index < -0.39 is 0 Å². The van der Waals surface area contributed by atoms with E-state index in [9.17, 15) is 4.79 Å². The highest BCUT2D eigenvalue weighted by Crippen LogP contribution is 2.19. The summed E-state index contributed by atoms with van der Waals surface area (Å²) in [5.74, 6) is 0.587. The maximum Gasteiger partial charge on any atom is 0.271 e. The molecule has 0 saturated heterocycles. The number of hydrogen-bond acceptors (Lipinski definition) is 4. The van der Waals surface area contributed by atoms with Crippen LogP contribution in [0.25, 0.3) is 0 Å². The summed E-state index contributed by atoms with van der Waals surface area (Å²) in [7, 11) is 1.97. The van der Waals surface area contributed by atoms with Gasteiger partial charge in [-0.2, -0.15) is 0 Å². The SMILES string of the molecule is CN(Cc1ccccc1)c1ccc(C(=O)NCCC2=CCCCC2)nn1. The van der Waals surface area contributed by atoms with Crippen molar-refractivity contribution < 1.29 is 4.79 Å². The molecule has 2 aromatic rings. The zero-order valence-electron chi connectivity index (χ0n) is 15.3. The predicted molar refractivity (Wildman–Crippen MR) is 104 cm³/mol. The second-order valence-corrected chi connectivity index (χ2v) is 6.73. The molecule has 0 radical (unpaired) electrons. The van der Waals surface area contributed by atoms with E-state index in [1.54, 1.807) is 6.07 Å². The van der Waals surface area contributed by atoms with Crippen molar-refractivity contribution in [3.05, 3.63) is 65.4 Å². The number of benzene rings is 1. The van der Waals surface area contributed by atoms with E-state index in [1.165, 1.54) is 30.4 Å². The molecule has 3 rings (SSSR count). The largest absolute Gasteiger partial charge is 0.354 e. The number of carbonyl (C=O) groups is 1. The Morgan fingerprint density at radius 1 is 1.12 bits per heavy atom. The minimum absolute atomic E-state index is 0.161. The number of allylic oxidation sites excluding steroid dienone is 1. The van der Waals surface area contributed by atoms with Gasteiger partial charge in [0.15, 0.2) is 11.5 Å². The van der Waals surface area contributed by atoms with E-state index in [2.05, 4.69) is 33.7 Å². The summed E-state index contributed by atoms with van der Waals surface area (Å²) in [5, 5.41) is 11.2. The normalized spacial score (nSPS) is 13.8. The second-order valence-electron chi connectivity index (χ2n) is 6.73. The van der Waals surface area contributed by atoms with Crippen LogP contribution in [-0.4, -0.2) is 29.7 Å². The number of nitrogens with one attached hydrogen (secondary N) is 1. The Kier molecular flexibility index (Phi) is 6.36. The topological polar surface area (TPSA) is 58.1 Å². The van der Waals surface area contributed by atoms with Gasteiger partial charge in [0, 0.05) is 20.1 Å². The van der Waals surface area contributed by atoms with Gasteiger partial charge in [0.1, 0.15) is 0 Å². The number of anilines is 1. The van der Waals surface area contributed by atoms with Crippen molar-refractivity contribution in [2.24, 2.45) is 0 Å². The molecule has 0 unspecified atom stereocenters. The molecule has 1 aliphatic carbocycles. The third kappa shape index (κ3) is 5.15. The first-order chi connectivity index (χ1) is 12.7. The summed E-state index contributed by atoms with van der Waals surface area (Å²) in [4.78, 5) is 14.2. The zero-order chi connectivity index (χ0) is 18.2. The third-order valence-electron chi connectivity index (χ3n) is 4.65. The molecule has 5 nitrogen and oxygen atoms in total. The molecule has 5 heteroatoms. The van der Waals surface area contributed by atoms with E-state index >= 15 is 0 Å². The van der Waals surface area contributed by atoms with Crippen LogP contribution in [0.4, 0.5) is 5.82 Å². The van der Waals surface area contributed by atoms with Crippen LogP contribution in [0.3, 0.4) is 0 Å². The molecule has 1 heterocycles. The summed E-state index contributed by atoms with van der Waals surface area (Å²) in [6.45, 7) is 1.40. The molecule has 0 aliphatic heterocycles. The molecule has 0 bridgehead atoms. The molecular weight excluding hydrogens is 324 g/mol. The molecule has 0 fully saturated rings. The molecule has 1 amide bonds.